The Bertz CT molecular complexity index is 618. The normalized spacial score (nSPS) is 19.1. The van der Waals surface area contributed by atoms with E-state index in [0.717, 1.165) is 0 Å². The molecule has 0 aromatic heterocycles. The molecular formula is C16H40NO4Re. The molecule has 0 radical (unpaired) electrons. The molecule has 0 aromatic rings. The summed E-state index contributed by atoms with van der Waals surface area (Å²) in [5.74, 6) is 0. The Kier molecular flexibility index (Phi) is 5.77. The van der Waals surface area contributed by atoms with Crippen LogP contribution >= 0.6 is 0 Å². The Morgan fingerprint density at radius 2 is 0.773 bits per heavy atom. The fourth-order valence-corrected chi connectivity index (χ4v) is 25.4. The Labute approximate surface area is 130 Å². The molecule has 0 saturated carbocycles. The summed E-state index contributed by atoms with van der Waals surface area (Å²) in [5, 5.41) is 0. The van der Waals surface area contributed by atoms with Gasteiger partial charge < -0.3 is 6.15 Å². The van der Waals surface area contributed by atoms with Crippen LogP contribution in [0.2, 0.25) is 19.6 Å². The summed E-state index contributed by atoms with van der Waals surface area (Å²) in [6.07, 6.45) is 2.93. The molecule has 22 heavy (non-hydrogen) atoms. The van der Waals surface area contributed by atoms with Gasteiger partial charge in [-0.15, -0.1) is 0 Å². The van der Waals surface area contributed by atoms with Gasteiger partial charge in [0, 0.05) is 0 Å². The first-order valence-electron chi connectivity index (χ1n) is 8.51. The van der Waals surface area contributed by atoms with Gasteiger partial charge in [0.15, 0.2) is 0 Å². The minimum atomic E-state index is -9.01. The maximum absolute atomic E-state index is 13.9. The van der Waals surface area contributed by atoms with Gasteiger partial charge in [-0.25, -0.2) is 0 Å². The molecule has 0 amide bonds. The minimum Gasteiger partial charge on any atom is -0.369 e. The third kappa shape index (κ3) is 5.56. The van der Waals surface area contributed by atoms with Crippen molar-refractivity contribution in [1.29, 1.82) is 0 Å². The zero-order valence-corrected chi connectivity index (χ0v) is 18.2. The molecule has 0 fully saturated rings. The molecule has 0 unspecified atom stereocenters. The number of hydrogen-bond donors (Lipinski definition) is 1. The van der Waals surface area contributed by atoms with Gasteiger partial charge in [-0.3, -0.25) is 0 Å². The SMILES string of the molecule is CCC[CH2][Re](=[O])(=[O])(=[O])([O-])([CH2]CCC)([CH2]CCC)[CH2]CCC.[NH4+]. The van der Waals surface area contributed by atoms with E-state index in [1.54, 1.807) is 0 Å². The Morgan fingerprint density at radius 1 is 0.591 bits per heavy atom. The van der Waals surface area contributed by atoms with Gasteiger partial charge in [0.05, 0.1) is 0 Å². The predicted molar refractivity (Wildman–Crippen MR) is 86.9 cm³/mol. The average Bonchev–Trinajstić information content (AvgIpc) is 2.41. The maximum Gasteiger partial charge on any atom is -0.369 e. The fraction of sp³-hybridized carbons (Fsp3) is 1.00. The summed E-state index contributed by atoms with van der Waals surface area (Å²) in [6, 6.07) is 0. The van der Waals surface area contributed by atoms with Gasteiger partial charge in [0.25, 0.3) is 0 Å². The van der Waals surface area contributed by atoms with Crippen LogP contribution in [0.3, 0.4) is 0 Å². The van der Waals surface area contributed by atoms with Gasteiger partial charge in [0.1, 0.15) is 0 Å². The summed E-state index contributed by atoms with van der Waals surface area (Å²) in [7, 11) is -9.01. The van der Waals surface area contributed by atoms with Crippen LogP contribution in [0.4, 0.5) is 0 Å². The van der Waals surface area contributed by atoms with Gasteiger partial charge in [-0.1, -0.05) is 0 Å². The van der Waals surface area contributed by atoms with Gasteiger partial charge in [-0.05, 0) is 0 Å². The van der Waals surface area contributed by atoms with Crippen molar-refractivity contribution in [2.45, 2.75) is 98.6 Å². The van der Waals surface area contributed by atoms with Crippen molar-refractivity contribution in [2.24, 2.45) is 0 Å². The third-order valence-electron chi connectivity index (χ3n) is 4.79. The van der Waals surface area contributed by atoms with Crippen LogP contribution in [0.1, 0.15) is 79.1 Å². The Hall–Kier alpha value is -0.0177. The quantitative estimate of drug-likeness (QED) is 0.365. The molecule has 0 atom stereocenters. The molecule has 0 aromatic carbocycles. The largest absolute Gasteiger partial charge is 0.369 e. The minimum absolute atomic E-state index is 0. The van der Waals surface area contributed by atoms with Crippen LogP contribution in [0.25, 0.3) is 0 Å². The van der Waals surface area contributed by atoms with Crippen LogP contribution in [0.15, 0.2) is 0 Å². The summed E-state index contributed by atoms with van der Waals surface area (Å²) >= 11 is 0. The molecule has 0 rings (SSSR count). The molecule has 0 spiro atoms. The molecule has 0 heterocycles. The zero-order chi connectivity index (χ0) is 16.8. The number of hydrogen-bond acceptors (Lipinski definition) is 4. The number of rotatable bonds is 12. The van der Waals surface area contributed by atoms with Crippen molar-refractivity contribution < 1.29 is 25.1 Å². The van der Waals surface area contributed by atoms with E-state index in [4.69, 9.17) is 0 Å². The van der Waals surface area contributed by atoms with E-state index in [1.165, 1.54) is 0 Å². The van der Waals surface area contributed by atoms with Crippen LogP contribution in [-0.2, 0) is 21.3 Å². The van der Waals surface area contributed by atoms with Crippen molar-refractivity contribution in [1.82, 2.24) is 6.15 Å². The van der Waals surface area contributed by atoms with E-state index in [9.17, 15) is 14.2 Å². The second kappa shape index (κ2) is 5.24. The molecule has 140 valence electrons. The molecule has 0 saturated heterocycles. The summed E-state index contributed by atoms with van der Waals surface area (Å²) in [5.41, 5.74) is 0. The molecule has 4 N–H and O–H groups in total. The first kappa shape index (κ1) is 24.2. The predicted octanol–water partition coefficient (Wildman–Crippen LogP) is 5.84. The molecule has 0 aliphatic rings. The van der Waals surface area contributed by atoms with Crippen molar-refractivity contribution >= 4 is 0 Å². The van der Waals surface area contributed by atoms with E-state index in [-0.39, 0.29) is 31.8 Å². The third-order valence-corrected chi connectivity index (χ3v) is 29.0. The van der Waals surface area contributed by atoms with Gasteiger partial charge in [-0.2, -0.15) is 0 Å². The molecule has 0 bridgehead atoms. The van der Waals surface area contributed by atoms with E-state index in [0.29, 0.717) is 25.7 Å². The monoisotopic (exact) mass is 497 g/mol. The van der Waals surface area contributed by atoms with Crippen molar-refractivity contribution in [2.75, 3.05) is 0 Å². The summed E-state index contributed by atoms with van der Waals surface area (Å²) in [6.45, 7) is 7.29. The van der Waals surface area contributed by atoms with E-state index < -0.39 is 30.5 Å². The second-order valence-corrected chi connectivity index (χ2v) is 36.3. The smallest absolute Gasteiger partial charge is 0.369 e. The van der Waals surface area contributed by atoms with Crippen LogP contribution < -0.4 is 9.98 Å². The summed E-state index contributed by atoms with van der Waals surface area (Å²) in [4.78, 5) is -2.79. The van der Waals surface area contributed by atoms with Gasteiger partial charge >= 0.3 is 124 Å². The molecule has 6 heteroatoms. The average molecular weight is 497 g/mol. The van der Waals surface area contributed by atoms with Gasteiger partial charge in [0.2, 0.25) is 0 Å². The van der Waals surface area contributed by atoms with Crippen LogP contribution in [0.5, 0.6) is 0 Å². The zero-order valence-electron chi connectivity index (χ0n) is 15.5. The summed E-state index contributed by atoms with van der Waals surface area (Å²) < 4.78 is 55.8. The number of quaternary nitrogens is 1. The Morgan fingerprint density at radius 3 is 0.909 bits per heavy atom. The Balaban J connectivity index is 0. The molecule has 0 aliphatic carbocycles. The number of unbranched alkanes of at least 4 members (excludes halogenated alkanes) is 4. The maximum atomic E-state index is 13.9. The van der Waals surface area contributed by atoms with Crippen LogP contribution in [0, 0.1) is 0 Å². The fourth-order valence-electron chi connectivity index (χ4n) is 3.11. The van der Waals surface area contributed by atoms with E-state index in [2.05, 4.69) is 0 Å². The van der Waals surface area contributed by atoms with E-state index >= 15 is 0 Å². The van der Waals surface area contributed by atoms with E-state index in [1.807, 2.05) is 27.7 Å². The second-order valence-electron chi connectivity index (χ2n) is 7.43. The van der Waals surface area contributed by atoms with Crippen molar-refractivity contribution in [3.05, 3.63) is 0 Å². The standard InChI is InChI=1S/4C4H9.H3N.4O.Re/c4*1-3-4-2;;;;;;/h4*1,3-4H2,2H3;1H3;;;;;/q;;;;;;;;-1;/p+1. The van der Waals surface area contributed by atoms with Crippen molar-refractivity contribution in [3.63, 3.8) is 0 Å². The first-order chi connectivity index (χ1) is 9.24. The topological polar surface area (TPSA) is 111 Å². The first-order valence-corrected chi connectivity index (χ1v) is 20.6. The van der Waals surface area contributed by atoms with Crippen molar-refractivity contribution in [3.8, 4) is 0 Å². The van der Waals surface area contributed by atoms with Crippen LogP contribution in [-0.4, -0.2) is 0 Å². The molecular weight excluding hydrogens is 456 g/mol. The molecule has 5 nitrogen and oxygen atoms in total. The molecule has 0 aliphatic heterocycles.